The predicted octanol–water partition coefficient (Wildman–Crippen LogP) is 2.65. The van der Waals surface area contributed by atoms with Crippen molar-refractivity contribution in [2.45, 2.75) is 12.8 Å². The Morgan fingerprint density at radius 3 is 3.00 bits per heavy atom. The number of hydrazone groups is 1. The molecule has 4 rings (SSSR count). The normalized spacial score (nSPS) is 12.5. The fraction of sp³-hybridized carbons (Fsp3) is 0.150. The van der Waals surface area contributed by atoms with Crippen LogP contribution in [-0.2, 0) is 12.8 Å². The van der Waals surface area contributed by atoms with Gasteiger partial charge in [-0.2, -0.15) is 10.2 Å². The summed E-state index contributed by atoms with van der Waals surface area (Å²) in [5, 5.41) is 20.8. The van der Waals surface area contributed by atoms with Gasteiger partial charge in [0.15, 0.2) is 11.5 Å². The number of benzene rings is 2. The van der Waals surface area contributed by atoms with Crippen molar-refractivity contribution in [1.82, 2.24) is 15.6 Å². The molecule has 3 N–H and O–H groups in total. The Labute approximate surface area is 155 Å². The monoisotopic (exact) mass is 362 g/mol. The van der Waals surface area contributed by atoms with Gasteiger partial charge < -0.3 is 9.84 Å². The van der Waals surface area contributed by atoms with Crippen molar-refractivity contribution < 1.29 is 14.6 Å². The van der Waals surface area contributed by atoms with Crippen molar-refractivity contribution in [3.63, 3.8) is 0 Å². The van der Waals surface area contributed by atoms with Gasteiger partial charge in [-0.25, -0.2) is 5.43 Å². The summed E-state index contributed by atoms with van der Waals surface area (Å²) >= 11 is 0. The van der Waals surface area contributed by atoms with Gasteiger partial charge >= 0.3 is 0 Å². The number of H-pyrrole nitrogens is 1. The molecule has 0 spiro atoms. The number of methoxy groups -OCH3 is 1. The van der Waals surface area contributed by atoms with Gasteiger partial charge in [-0.15, -0.1) is 0 Å². The molecule has 0 fully saturated rings. The number of phenols is 1. The van der Waals surface area contributed by atoms with E-state index in [4.69, 9.17) is 4.74 Å². The van der Waals surface area contributed by atoms with Gasteiger partial charge in [-0.1, -0.05) is 24.3 Å². The summed E-state index contributed by atoms with van der Waals surface area (Å²) in [5.41, 5.74) is 7.67. The van der Waals surface area contributed by atoms with Gasteiger partial charge in [-0.3, -0.25) is 9.89 Å². The van der Waals surface area contributed by atoms with Crippen molar-refractivity contribution >= 4 is 12.1 Å². The standard InChI is InChI=1S/C20H18N4O3/c1-27-17-10-12(6-9-16(17)25)11-21-24-20(26)19-15-8-7-13-4-2-3-5-14(13)18(15)22-23-19/h2-6,9-11,25H,7-8H2,1H3,(H,22,23)(H,24,26)/b21-11+. The Morgan fingerprint density at radius 1 is 1.30 bits per heavy atom. The SMILES string of the molecule is COc1cc(/C=N/NC(=O)c2[nH]nc3c2CCc2ccccc2-3)ccc1O. The maximum absolute atomic E-state index is 12.5. The first-order valence-corrected chi connectivity index (χ1v) is 8.53. The van der Waals surface area contributed by atoms with Gasteiger partial charge in [0, 0.05) is 11.1 Å². The van der Waals surface area contributed by atoms with E-state index in [-0.39, 0.29) is 11.7 Å². The minimum Gasteiger partial charge on any atom is -0.504 e. The van der Waals surface area contributed by atoms with E-state index in [1.165, 1.54) is 25.0 Å². The second kappa shape index (κ2) is 6.95. The van der Waals surface area contributed by atoms with Crippen molar-refractivity contribution in [2.75, 3.05) is 7.11 Å². The molecule has 7 heteroatoms. The maximum Gasteiger partial charge on any atom is 0.289 e. The summed E-state index contributed by atoms with van der Waals surface area (Å²) in [6, 6.07) is 12.9. The number of amides is 1. The van der Waals surface area contributed by atoms with Crippen LogP contribution in [0.25, 0.3) is 11.3 Å². The molecule has 0 bridgehead atoms. The fourth-order valence-electron chi connectivity index (χ4n) is 3.24. The maximum atomic E-state index is 12.5. The number of carbonyl (C=O) groups excluding carboxylic acids is 1. The molecule has 2 aromatic carbocycles. The van der Waals surface area contributed by atoms with E-state index >= 15 is 0 Å². The summed E-state index contributed by atoms with van der Waals surface area (Å²) in [6.45, 7) is 0. The predicted molar refractivity (Wildman–Crippen MR) is 101 cm³/mol. The number of aromatic nitrogens is 2. The number of carbonyl (C=O) groups is 1. The Hall–Kier alpha value is -3.61. The molecular formula is C20H18N4O3. The van der Waals surface area contributed by atoms with Crippen LogP contribution in [0.3, 0.4) is 0 Å². The number of hydrogen-bond acceptors (Lipinski definition) is 5. The molecule has 0 saturated heterocycles. The highest BCUT2D eigenvalue weighted by Gasteiger charge is 2.24. The lowest BCUT2D eigenvalue weighted by Crippen LogP contribution is -2.20. The molecule has 1 aliphatic rings. The molecule has 0 radical (unpaired) electrons. The number of ether oxygens (including phenoxy) is 1. The Kier molecular flexibility index (Phi) is 4.33. The molecule has 3 aromatic rings. The molecule has 0 aliphatic heterocycles. The van der Waals surface area contributed by atoms with E-state index in [1.807, 2.05) is 18.2 Å². The molecule has 136 valence electrons. The number of aromatic hydroxyl groups is 1. The second-order valence-electron chi connectivity index (χ2n) is 6.21. The van der Waals surface area contributed by atoms with E-state index in [1.54, 1.807) is 12.1 Å². The molecule has 0 atom stereocenters. The Morgan fingerprint density at radius 2 is 2.15 bits per heavy atom. The summed E-state index contributed by atoms with van der Waals surface area (Å²) in [6.07, 6.45) is 3.11. The third kappa shape index (κ3) is 3.15. The fourth-order valence-corrected chi connectivity index (χ4v) is 3.24. The van der Waals surface area contributed by atoms with Crippen LogP contribution >= 0.6 is 0 Å². The number of phenolic OH excluding ortho intramolecular Hbond substituents is 1. The van der Waals surface area contributed by atoms with Gasteiger partial charge in [0.2, 0.25) is 0 Å². The van der Waals surface area contributed by atoms with Gasteiger partial charge in [0.05, 0.1) is 19.0 Å². The van der Waals surface area contributed by atoms with E-state index in [2.05, 4.69) is 26.8 Å². The average Bonchev–Trinajstić information content (AvgIpc) is 3.14. The molecule has 7 nitrogen and oxygen atoms in total. The van der Waals surface area contributed by atoms with Crippen LogP contribution in [0.1, 0.15) is 27.2 Å². The zero-order chi connectivity index (χ0) is 18.8. The van der Waals surface area contributed by atoms with E-state index in [0.29, 0.717) is 17.0 Å². The molecule has 0 saturated carbocycles. The van der Waals surface area contributed by atoms with E-state index < -0.39 is 0 Å². The molecule has 27 heavy (non-hydrogen) atoms. The average molecular weight is 362 g/mol. The van der Waals surface area contributed by atoms with Crippen molar-refractivity contribution in [3.05, 3.63) is 64.8 Å². The van der Waals surface area contributed by atoms with Gasteiger partial charge in [-0.05, 0) is 42.2 Å². The highest BCUT2D eigenvalue weighted by Crippen LogP contribution is 2.33. The zero-order valence-corrected chi connectivity index (χ0v) is 14.7. The van der Waals surface area contributed by atoms with Crippen LogP contribution in [0.2, 0.25) is 0 Å². The lowest BCUT2D eigenvalue weighted by molar-refractivity contribution is 0.0949. The molecular weight excluding hydrogens is 344 g/mol. The molecule has 1 heterocycles. The van der Waals surface area contributed by atoms with E-state index in [0.717, 1.165) is 29.7 Å². The lowest BCUT2D eigenvalue weighted by atomic mass is 9.89. The summed E-state index contributed by atoms with van der Waals surface area (Å²) in [5.74, 6) is 0.0414. The van der Waals surface area contributed by atoms with Crippen LogP contribution in [0, 0.1) is 0 Å². The highest BCUT2D eigenvalue weighted by molar-refractivity contribution is 5.96. The van der Waals surface area contributed by atoms with Crippen LogP contribution in [0.5, 0.6) is 11.5 Å². The van der Waals surface area contributed by atoms with Crippen LogP contribution in [0.4, 0.5) is 0 Å². The van der Waals surface area contributed by atoms with Crippen molar-refractivity contribution in [2.24, 2.45) is 5.10 Å². The molecule has 1 aliphatic carbocycles. The zero-order valence-electron chi connectivity index (χ0n) is 14.7. The summed E-state index contributed by atoms with van der Waals surface area (Å²) in [4.78, 5) is 12.5. The number of nitrogens with one attached hydrogen (secondary N) is 2. The minimum absolute atomic E-state index is 0.0445. The minimum atomic E-state index is -0.342. The number of rotatable bonds is 4. The first-order chi connectivity index (χ1) is 13.2. The van der Waals surface area contributed by atoms with Crippen molar-refractivity contribution in [1.29, 1.82) is 0 Å². The van der Waals surface area contributed by atoms with Gasteiger partial charge in [0.25, 0.3) is 5.91 Å². The van der Waals surface area contributed by atoms with E-state index in [9.17, 15) is 9.90 Å². The third-order valence-corrected chi connectivity index (χ3v) is 4.59. The largest absolute Gasteiger partial charge is 0.504 e. The summed E-state index contributed by atoms with van der Waals surface area (Å²) in [7, 11) is 1.47. The number of fused-ring (bicyclic) bond motifs is 3. The first-order valence-electron chi connectivity index (χ1n) is 8.53. The Balaban J connectivity index is 1.51. The smallest absolute Gasteiger partial charge is 0.289 e. The summed E-state index contributed by atoms with van der Waals surface area (Å²) < 4.78 is 5.05. The second-order valence-corrected chi connectivity index (χ2v) is 6.21. The highest BCUT2D eigenvalue weighted by atomic mass is 16.5. The number of aryl methyl sites for hydroxylation is 1. The lowest BCUT2D eigenvalue weighted by Gasteiger charge is -2.15. The number of aromatic amines is 1. The first kappa shape index (κ1) is 16.8. The van der Waals surface area contributed by atoms with Crippen LogP contribution in [0.15, 0.2) is 47.6 Å². The van der Waals surface area contributed by atoms with Crippen molar-refractivity contribution in [3.8, 4) is 22.8 Å². The third-order valence-electron chi connectivity index (χ3n) is 4.59. The molecule has 1 aromatic heterocycles. The molecule has 1 amide bonds. The van der Waals surface area contributed by atoms with Crippen LogP contribution in [-0.4, -0.2) is 34.5 Å². The number of hydrogen-bond donors (Lipinski definition) is 3. The quantitative estimate of drug-likeness (QED) is 0.491. The number of nitrogens with zero attached hydrogens (tertiary/aromatic N) is 2. The Bertz CT molecular complexity index is 1040. The molecule has 0 unspecified atom stereocenters. The van der Waals surface area contributed by atoms with Crippen LogP contribution < -0.4 is 10.2 Å². The van der Waals surface area contributed by atoms with Gasteiger partial charge in [0.1, 0.15) is 5.69 Å². The topological polar surface area (TPSA) is 99.6 Å².